The number of rotatable bonds is 3. The Kier molecular flexibility index (Phi) is 4.94. The Balaban J connectivity index is 1.68. The molecule has 0 aliphatic rings. The largest absolute Gasteiger partial charge is 0.506 e. The number of hydrogen-bond donors (Lipinski definition) is 2. The van der Waals surface area contributed by atoms with Crippen molar-refractivity contribution in [3.8, 4) is 17.1 Å². The number of phenols is 1. The van der Waals surface area contributed by atoms with Gasteiger partial charge in [-0.2, -0.15) is 0 Å². The maximum Gasteiger partial charge on any atom is 0.138 e. The van der Waals surface area contributed by atoms with Gasteiger partial charge in [0.25, 0.3) is 0 Å². The van der Waals surface area contributed by atoms with Gasteiger partial charge in [-0.25, -0.2) is 4.98 Å². The van der Waals surface area contributed by atoms with Gasteiger partial charge in [-0.05, 0) is 75.5 Å². The topological polar surface area (TPSA) is 61.3 Å². The molecule has 0 aliphatic carbocycles. The van der Waals surface area contributed by atoms with Crippen LogP contribution in [0.2, 0.25) is 0 Å². The predicted octanol–water partition coefficient (Wildman–Crippen LogP) is 5.90. The van der Waals surface area contributed by atoms with Crippen LogP contribution in [0.5, 0.6) is 5.75 Å². The highest BCUT2D eigenvalue weighted by atomic mass is 127. The van der Waals surface area contributed by atoms with E-state index in [1.54, 1.807) is 6.21 Å². The molecular formula is C20H13I2N3O. The molecule has 2 N–H and O–H groups in total. The van der Waals surface area contributed by atoms with Gasteiger partial charge in [0.05, 0.1) is 20.3 Å². The first-order valence-electron chi connectivity index (χ1n) is 7.87. The molecule has 1 heterocycles. The number of aromatic amines is 1. The summed E-state index contributed by atoms with van der Waals surface area (Å²) in [5.41, 5.74) is 4.38. The zero-order chi connectivity index (χ0) is 18.1. The first kappa shape index (κ1) is 17.5. The van der Waals surface area contributed by atoms with Gasteiger partial charge in [0, 0.05) is 20.9 Å². The van der Waals surface area contributed by atoms with Crippen LogP contribution in [-0.4, -0.2) is 21.3 Å². The molecule has 6 heteroatoms. The highest BCUT2D eigenvalue weighted by Crippen LogP contribution is 2.27. The van der Waals surface area contributed by atoms with Gasteiger partial charge < -0.3 is 10.1 Å². The van der Waals surface area contributed by atoms with E-state index >= 15 is 0 Å². The SMILES string of the molecule is Oc1c(I)cc(I)cc1C=Nc1ccc2nc(-c3ccccc3)[nH]c2c1. The van der Waals surface area contributed by atoms with Crippen LogP contribution in [0.4, 0.5) is 5.69 Å². The summed E-state index contributed by atoms with van der Waals surface area (Å²) in [7, 11) is 0. The Morgan fingerprint density at radius 2 is 1.81 bits per heavy atom. The van der Waals surface area contributed by atoms with Crippen molar-refractivity contribution < 1.29 is 5.11 Å². The minimum Gasteiger partial charge on any atom is -0.506 e. The lowest BCUT2D eigenvalue weighted by molar-refractivity contribution is 0.470. The lowest BCUT2D eigenvalue weighted by Gasteiger charge is -2.02. The third-order valence-corrected chi connectivity index (χ3v) is 5.37. The van der Waals surface area contributed by atoms with Gasteiger partial charge in [-0.3, -0.25) is 4.99 Å². The molecule has 4 rings (SSSR count). The van der Waals surface area contributed by atoms with Crippen LogP contribution in [0.1, 0.15) is 5.56 Å². The zero-order valence-electron chi connectivity index (χ0n) is 13.4. The summed E-state index contributed by atoms with van der Waals surface area (Å²) in [5.74, 6) is 1.09. The van der Waals surface area contributed by atoms with E-state index in [1.165, 1.54) is 0 Å². The fraction of sp³-hybridized carbons (Fsp3) is 0. The molecule has 0 saturated heterocycles. The van der Waals surface area contributed by atoms with Crippen LogP contribution in [0.3, 0.4) is 0 Å². The van der Waals surface area contributed by atoms with E-state index in [0.29, 0.717) is 5.56 Å². The van der Waals surface area contributed by atoms with Crippen molar-refractivity contribution in [3.63, 3.8) is 0 Å². The number of H-pyrrole nitrogens is 1. The number of aromatic nitrogens is 2. The second-order valence-electron chi connectivity index (χ2n) is 5.74. The Morgan fingerprint density at radius 3 is 2.62 bits per heavy atom. The molecule has 0 bridgehead atoms. The van der Waals surface area contributed by atoms with E-state index in [2.05, 4.69) is 60.1 Å². The van der Waals surface area contributed by atoms with Crippen molar-refractivity contribution >= 4 is 68.1 Å². The Hall–Kier alpha value is -1.94. The van der Waals surface area contributed by atoms with Crippen LogP contribution in [-0.2, 0) is 0 Å². The van der Waals surface area contributed by atoms with Gasteiger partial charge in [0.15, 0.2) is 0 Å². The average molecular weight is 565 g/mol. The Morgan fingerprint density at radius 1 is 1.00 bits per heavy atom. The molecule has 0 unspecified atom stereocenters. The zero-order valence-corrected chi connectivity index (χ0v) is 17.8. The molecule has 0 spiro atoms. The summed E-state index contributed by atoms with van der Waals surface area (Å²) in [6.07, 6.45) is 1.69. The third-order valence-electron chi connectivity index (χ3n) is 3.92. The molecular weight excluding hydrogens is 552 g/mol. The maximum absolute atomic E-state index is 10.2. The summed E-state index contributed by atoms with van der Waals surface area (Å²) >= 11 is 4.35. The number of hydrogen-bond acceptors (Lipinski definition) is 3. The average Bonchev–Trinajstić information content (AvgIpc) is 3.07. The highest BCUT2D eigenvalue weighted by Gasteiger charge is 2.07. The fourth-order valence-electron chi connectivity index (χ4n) is 2.64. The molecule has 0 aliphatic heterocycles. The van der Waals surface area contributed by atoms with Crippen molar-refractivity contribution in [2.75, 3.05) is 0 Å². The van der Waals surface area contributed by atoms with Gasteiger partial charge >= 0.3 is 0 Å². The molecule has 0 amide bonds. The van der Waals surface area contributed by atoms with E-state index < -0.39 is 0 Å². The number of benzene rings is 3. The molecule has 128 valence electrons. The van der Waals surface area contributed by atoms with E-state index in [9.17, 15) is 5.11 Å². The van der Waals surface area contributed by atoms with E-state index in [0.717, 1.165) is 35.2 Å². The van der Waals surface area contributed by atoms with Crippen LogP contribution in [0.25, 0.3) is 22.4 Å². The van der Waals surface area contributed by atoms with E-state index in [4.69, 9.17) is 0 Å². The van der Waals surface area contributed by atoms with Gasteiger partial charge in [0.1, 0.15) is 11.6 Å². The minimum absolute atomic E-state index is 0.253. The second kappa shape index (κ2) is 7.36. The summed E-state index contributed by atoms with van der Waals surface area (Å²) in [5, 5.41) is 10.2. The van der Waals surface area contributed by atoms with Crippen molar-refractivity contribution in [2.24, 2.45) is 4.99 Å². The number of halogens is 2. The van der Waals surface area contributed by atoms with Crippen molar-refractivity contribution in [1.29, 1.82) is 0 Å². The van der Waals surface area contributed by atoms with Crippen LogP contribution in [0.15, 0.2) is 65.7 Å². The minimum atomic E-state index is 0.253. The molecule has 26 heavy (non-hydrogen) atoms. The lowest BCUT2D eigenvalue weighted by Crippen LogP contribution is -1.87. The van der Waals surface area contributed by atoms with Crippen molar-refractivity contribution in [3.05, 3.63) is 73.4 Å². The van der Waals surface area contributed by atoms with Crippen LogP contribution >= 0.6 is 45.2 Å². The quantitative estimate of drug-likeness (QED) is 0.241. The molecule has 0 fully saturated rings. The van der Waals surface area contributed by atoms with Crippen molar-refractivity contribution in [1.82, 2.24) is 9.97 Å². The molecule has 0 radical (unpaired) electrons. The smallest absolute Gasteiger partial charge is 0.138 e. The number of nitrogens with one attached hydrogen (secondary N) is 1. The highest BCUT2D eigenvalue weighted by molar-refractivity contribution is 14.1. The molecule has 3 aromatic carbocycles. The van der Waals surface area contributed by atoms with Gasteiger partial charge in [-0.15, -0.1) is 0 Å². The van der Waals surface area contributed by atoms with Crippen molar-refractivity contribution in [2.45, 2.75) is 0 Å². The molecule has 0 saturated carbocycles. The summed E-state index contributed by atoms with van der Waals surface area (Å²) in [6, 6.07) is 19.7. The fourth-order valence-corrected chi connectivity index (χ4v) is 4.53. The summed E-state index contributed by atoms with van der Waals surface area (Å²) in [4.78, 5) is 12.5. The first-order chi connectivity index (χ1) is 12.6. The molecule has 4 aromatic rings. The Bertz CT molecular complexity index is 1120. The van der Waals surface area contributed by atoms with Crippen LogP contribution in [0, 0.1) is 7.14 Å². The normalized spacial score (nSPS) is 11.5. The summed E-state index contributed by atoms with van der Waals surface area (Å²) in [6.45, 7) is 0. The van der Waals surface area contributed by atoms with E-state index in [1.807, 2.05) is 60.7 Å². The molecule has 4 nitrogen and oxygen atoms in total. The maximum atomic E-state index is 10.2. The van der Waals surface area contributed by atoms with Gasteiger partial charge in [0.2, 0.25) is 0 Å². The Labute approximate surface area is 177 Å². The number of imidazole rings is 1. The number of nitrogens with zero attached hydrogens (tertiary/aromatic N) is 2. The van der Waals surface area contributed by atoms with Crippen LogP contribution < -0.4 is 0 Å². The monoisotopic (exact) mass is 565 g/mol. The lowest BCUT2D eigenvalue weighted by atomic mass is 10.2. The predicted molar refractivity (Wildman–Crippen MR) is 122 cm³/mol. The number of phenolic OH excluding ortho intramolecular Hbond substituents is 1. The number of aliphatic imine (C=N–C) groups is 1. The standard InChI is InChI=1S/C20H13I2N3O/c21-14-8-13(19(26)16(22)9-14)11-23-15-6-7-17-18(10-15)25-20(24-17)12-4-2-1-3-5-12/h1-11,26H,(H,24,25). The van der Waals surface area contributed by atoms with Gasteiger partial charge in [-0.1, -0.05) is 30.3 Å². The third kappa shape index (κ3) is 3.61. The first-order valence-corrected chi connectivity index (χ1v) is 10.0. The second-order valence-corrected chi connectivity index (χ2v) is 8.14. The number of fused-ring (bicyclic) bond motifs is 1. The molecule has 0 atom stereocenters. The number of aromatic hydroxyl groups is 1. The molecule has 1 aromatic heterocycles. The summed E-state index contributed by atoms with van der Waals surface area (Å²) < 4.78 is 1.87. The van der Waals surface area contributed by atoms with E-state index in [-0.39, 0.29) is 5.75 Å².